The fourth-order valence-electron chi connectivity index (χ4n) is 5.20. The molecule has 1 N–H and O–H groups in total. The smallest absolute Gasteiger partial charge is 0.449 e. The summed E-state index contributed by atoms with van der Waals surface area (Å²) >= 11 is 0. The first kappa shape index (κ1) is 18.5. The van der Waals surface area contributed by atoms with Crippen LogP contribution in [-0.4, -0.2) is 36.9 Å². The summed E-state index contributed by atoms with van der Waals surface area (Å²) in [5, 5.41) is 3.03. The first-order valence-corrected chi connectivity index (χ1v) is 9.43. The molecule has 8 heteroatoms. The van der Waals surface area contributed by atoms with Gasteiger partial charge in [-0.25, -0.2) is 9.78 Å². The van der Waals surface area contributed by atoms with Gasteiger partial charge in [-0.15, -0.1) is 0 Å². The molecule has 1 saturated carbocycles. The highest BCUT2D eigenvalue weighted by molar-refractivity contribution is 5.29. The fourth-order valence-corrected chi connectivity index (χ4v) is 5.20. The molecule has 2 bridgehead atoms. The van der Waals surface area contributed by atoms with Crippen LogP contribution in [0.25, 0.3) is 0 Å². The number of fused-ring (bicyclic) bond motifs is 2. The van der Waals surface area contributed by atoms with E-state index in [0.29, 0.717) is 25.3 Å². The molecular weight excluding hydrogens is 351 g/mol. The summed E-state index contributed by atoms with van der Waals surface area (Å²) in [4.78, 5) is 11.5. The van der Waals surface area contributed by atoms with Crippen molar-refractivity contribution in [2.75, 3.05) is 13.1 Å². The predicted octanol–water partition coefficient (Wildman–Crippen LogP) is 3.66. The largest absolute Gasteiger partial charge is 0.456 e. The molecule has 5 aliphatic rings. The van der Waals surface area contributed by atoms with Crippen LogP contribution in [0.15, 0.2) is 11.3 Å². The van der Waals surface area contributed by atoms with E-state index in [9.17, 15) is 13.2 Å². The third-order valence-electron chi connectivity index (χ3n) is 6.48. The molecular formula is C18H26F3NO4. The topological polar surface area (TPSA) is 49.0 Å². The summed E-state index contributed by atoms with van der Waals surface area (Å²) in [5.74, 6) is -2.11. The number of nitrogens with one attached hydrogen (secondary N) is 1. The third-order valence-corrected chi connectivity index (χ3v) is 6.48. The lowest BCUT2D eigenvalue weighted by Crippen LogP contribution is -2.67. The summed E-state index contributed by atoms with van der Waals surface area (Å²) in [6, 6.07) is 0. The van der Waals surface area contributed by atoms with Crippen LogP contribution in [0, 0.1) is 17.8 Å². The molecule has 2 unspecified atom stereocenters. The Morgan fingerprint density at radius 1 is 1.19 bits per heavy atom. The Morgan fingerprint density at radius 3 is 2.65 bits per heavy atom. The Bertz CT molecular complexity index is 610. The Balaban J connectivity index is 1.85. The summed E-state index contributed by atoms with van der Waals surface area (Å²) in [7, 11) is 0. The van der Waals surface area contributed by atoms with Crippen molar-refractivity contribution in [3.8, 4) is 0 Å². The maximum absolute atomic E-state index is 13.8. The molecule has 1 aliphatic carbocycles. The molecule has 26 heavy (non-hydrogen) atoms. The second-order valence-electron chi connectivity index (χ2n) is 8.11. The standard InChI is InChI=1S/C18H26F3NO4/c1-4-22-9-11-13-6-5-10(2)12-7-8-16(3)24-15(17(12,13)26-25-16)23-14(11)18(19,20)21/h10,12-13,15,22H,4-9H2,1-3H3/t10-,12?,13+,15-,16+,17?/m1/s1. The van der Waals surface area contributed by atoms with Gasteiger partial charge in [0.25, 0.3) is 0 Å². The van der Waals surface area contributed by atoms with Gasteiger partial charge in [0.2, 0.25) is 17.8 Å². The molecule has 0 amide bonds. The van der Waals surface area contributed by atoms with Crippen LogP contribution in [0.5, 0.6) is 0 Å². The van der Waals surface area contributed by atoms with Gasteiger partial charge in [-0.1, -0.05) is 13.8 Å². The normalized spacial score (nSPS) is 45.2. The number of ether oxygens (including phenoxy) is 2. The lowest BCUT2D eigenvalue weighted by molar-refractivity contribution is -0.557. The van der Waals surface area contributed by atoms with E-state index in [4.69, 9.17) is 19.2 Å². The minimum absolute atomic E-state index is 0.0296. The average molecular weight is 377 g/mol. The molecule has 148 valence electrons. The van der Waals surface area contributed by atoms with E-state index < -0.39 is 35.5 Å². The van der Waals surface area contributed by atoms with E-state index in [2.05, 4.69) is 12.2 Å². The van der Waals surface area contributed by atoms with Gasteiger partial charge in [-0.2, -0.15) is 13.2 Å². The van der Waals surface area contributed by atoms with Gasteiger partial charge in [-0.05, 0) is 44.2 Å². The van der Waals surface area contributed by atoms with Gasteiger partial charge in [0, 0.05) is 24.8 Å². The zero-order chi connectivity index (χ0) is 18.7. The van der Waals surface area contributed by atoms with Crippen molar-refractivity contribution in [1.29, 1.82) is 0 Å². The number of rotatable bonds is 3. The number of hydrogen-bond acceptors (Lipinski definition) is 5. The van der Waals surface area contributed by atoms with Crippen molar-refractivity contribution in [3.05, 3.63) is 11.3 Å². The number of alkyl halides is 3. The monoisotopic (exact) mass is 377 g/mol. The Hall–Kier alpha value is -0.830. The van der Waals surface area contributed by atoms with Crippen LogP contribution in [-0.2, 0) is 19.2 Å². The maximum atomic E-state index is 13.8. The predicted molar refractivity (Wildman–Crippen MR) is 85.5 cm³/mol. The van der Waals surface area contributed by atoms with Crippen LogP contribution in [0.3, 0.4) is 0 Å². The Morgan fingerprint density at radius 2 is 1.96 bits per heavy atom. The lowest BCUT2D eigenvalue weighted by atomic mass is 9.59. The number of likely N-dealkylation sites (N-methyl/N-ethyl adjacent to an activating group) is 1. The van der Waals surface area contributed by atoms with E-state index in [-0.39, 0.29) is 18.0 Å². The number of hydrogen-bond donors (Lipinski definition) is 1. The van der Waals surface area contributed by atoms with Crippen LogP contribution in [0.1, 0.15) is 46.5 Å². The van der Waals surface area contributed by atoms with E-state index in [1.54, 1.807) is 6.92 Å². The molecule has 0 aromatic rings. The molecule has 4 fully saturated rings. The van der Waals surface area contributed by atoms with Gasteiger partial charge < -0.3 is 14.8 Å². The molecule has 0 aromatic heterocycles. The highest BCUT2D eigenvalue weighted by Gasteiger charge is 2.70. The molecule has 4 heterocycles. The van der Waals surface area contributed by atoms with E-state index in [1.165, 1.54) is 0 Å². The molecule has 3 saturated heterocycles. The van der Waals surface area contributed by atoms with Crippen molar-refractivity contribution in [1.82, 2.24) is 5.32 Å². The van der Waals surface area contributed by atoms with Crippen molar-refractivity contribution >= 4 is 0 Å². The second kappa shape index (κ2) is 6.09. The van der Waals surface area contributed by atoms with Crippen LogP contribution >= 0.6 is 0 Å². The third kappa shape index (κ3) is 2.60. The summed E-state index contributed by atoms with van der Waals surface area (Å²) in [6.45, 7) is 6.38. The quantitative estimate of drug-likeness (QED) is 0.761. The van der Waals surface area contributed by atoms with E-state index in [0.717, 1.165) is 12.8 Å². The van der Waals surface area contributed by atoms with Crippen LogP contribution < -0.4 is 5.32 Å². The average Bonchev–Trinajstić information content (AvgIpc) is 2.80. The SMILES string of the molecule is CCNCC1=C(C(F)(F)F)O[C@@H]2O[C@]3(C)CCC4[C@H](C)CC[C@@H]1C42OO3. The van der Waals surface area contributed by atoms with E-state index >= 15 is 0 Å². The van der Waals surface area contributed by atoms with Gasteiger partial charge in [0.1, 0.15) is 0 Å². The lowest BCUT2D eigenvalue weighted by Gasteiger charge is -2.57. The van der Waals surface area contributed by atoms with Crippen molar-refractivity contribution in [2.45, 2.75) is 70.3 Å². The summed E-state index contributed by atoms with van der Waals surface area (Å²) in [5.41, 5.74) is -0.794. The maximum Gasteiger partial charge on any atom is 0.449 e. The molecule has 5 rings (SSSR count). The van der Waals surface area contributed by atoms with Crippen LogP contribution in [0.4, 0.5) is 13.2 Å². The zero-order valence-corrected chi connectivity index (χ0v) is 15.3. The Kier molecular flexibility index (Phi) is 4.34. The molecule has 5 nitrogen and oxygen atoms in total. The van der Waals surface area contributed by atoms with Crippen molar-refractivity contribution in [3.63, 3.8) is 0 Å². The van der Waals surface area contributed by atoms with Gasteiger partial charge in [0.05, 0.1) is 0 Å². The molecule has 1 spiro atoms. The van der Waals surface area contributed by atoms with Gasteiger partial charge in [-0.3, -0.25) is 0 Å². The first-order chi connectivity index (χ1) is 12.2. The van der Waals surface area contributed by atoms with Crippen molar-refractivity contribution in [2.24, 2.45) is 17.8 Å². The number of allylic oxidation sites excluding steroid dienone is 1. The zero-order valence-electron chi connectivity index (χ0n) is 15.3. The van der Waals surface area contributed by atoms with Gasteiger partial charge in [0.15, 0.2) is 5.60 Å². The molecule has 6 atom stereocenters. The first-order valence-electron chi connectivity index (χ1n) is 9.43. The minimum atomic E-state index is -4.57. The molecule has 4 aliphatic heterocycles. The molecule has 0 aromatic carbocycles. The van der Waals surface area contributed by atoms with Crippen LogP contribution in [0.2, 0.25) is 0 Å². The Labute approximate surface area is 151 Å². The highest BCUT2D eigenvalue weighted by Crippen LogP contribution is 2.61. The van der Waals surface area contributed by atoms with Gasteiger partial charge >= 0.3 is 6.18 Å². The fraction of sp³-hybridized carbons (Fsp3) is 0.889. The second-order valence-corrected chi connectivity index (χ2v) is 8.11. The minimum Gasteiger partial charge on any atom is -0.456 e. The number of halogens is 3. The van der Waals surface area contributed by atoms with E-state index in [1.807, 2.05) is 6.92 Å². The summed E-state index contributed by atoms with van der Waals surface area (Å²) < 4.78 is 52.8. The summed E-state index contributed by atoms with van der Waals surface area (Å²) in [6.07, 6.45) is -2.87. The highest BCUT2D eigenvalue weighted by atomic mass is 19.4. The molecule has 0 radical (unpaired) electrons. The van der Waals surface area contributed by atoms with Crippen molar-refractivity contribution < 1.29 is 32.4 Å².